The van der Waals surface area contributed by atoms with Crippen LogP contribution in [0.15, 0.2) is 188 Å². The second-order valence-electron chi connectivity index (χ2n) is 14.0. The fourth-order valence-corrected chi connectivity index (χ4v) is 8.45. The first-order valence-electron chi connectivity index (χ1n) is 18.5. The molecule has 0 radical (unpaired) electrons. The van der Waals surface area contributed by atoms with E-state index in [4.69, 9.17) is 0 Å². The third-order valence-electron chi connectivity index (χ3n) is 11.1. The minimum Gasteiger partial charge on any atom is -0.320 e. The fraction of sp³-hybridized carbons (Fsp3) is 0.120. The highest BCUT2D eigenvalue weighted by Crippen LogP contribution is 2.46. The number of benzene rings is 5. The van der Waals surface area contributed by atoms with Gasteiger partial charge < -0.3 is 9.88 Å². The van der Waals surface area contributed by atoms with Gasteiger partial charge in [0.05, 0.1) is 11.6 Å². The van der Waals surface area contributed by atoms with Crippen LogP contribution in [0.25, 0.3) is 56.1 Å². The summed E-state index contributed by atoms with van der Waals surface area (Å²) in [4.78, 5) is 0. The molecule has 0 aliphatic heterocycles. The van der Waals surface area contributed by atoms with Crippen molar-refractivity contribution in [2.24, 2.45) is 5.92 Å². The first-order valence-corrected chi connectivity index (χ1v) is 18.5. The largest absolute Gasteiger partial charge is 0.320 e. The van der Waals surface area contributed by atoms with Gasteiger partial charge in [-0.3, -0.25) is 0 Å². The molecule has 0 saturated carbocycles. The van der Waals surface area contributed by atoms with E-state index in [2.05, 4.69) is 198 Å². The molecule has 5 aromatic carbocycles. The van der Waals surface area contributed by atoms with Crippen molar-refractivity contribution >= 4 is 22.7 Å². The molecule has 3 unspecified atom stereocenters. The summed E-state index contributed by atoms with van der Waals surface area (Å²) in [5, 5.41) is 4.89. The van der Waals surface area contributed by atoms with E-state index in [0.29, 0.717) is 11.8 Å². The summed E-state index contributed by atoms with van der Waals surface area (Å²) in [6.07, 6.45) is 25.0. The second-order valence-corrected chi connectivity index (χ2v) is 14.0. The van der Waals surface area contributed by atoms with Crippen LogP contribution in [0.1, 0.15) is 29.2 Å². The Morgan fingerprint density at radius 2 is 1.27 bits per heavy atom. The lowest BCUT2D eigenvalue weighted by molar-refractivity contribution is 0.495. The molecule has 52 heavy (non-hydrogen) atoms. The lowest BCUT2D eigenvalue weighted by Gasteiger charge is -2.30. The minimum atomic E-state index is 0.122. The lowest BCUT2D eigenvalue weighted by atomic mass is 9.74. The zero-order valence-corrected chi connectivity index (χ0v) is 29.5. The van der Waals surface area contributed by atoms with E-state index in [1.54, 1.807) is 0 Å². The average Bonchev–Trinajstić information content (AvgIpc) is 3.55. The second kappa shape index (κ2) is 14.0. The zero-order chi connectivity index (χ0) is 34.9. The first kappa shape index (κ1) is 32.0. The molecular weight excluding hydrogens is 629 g/mol. The molecule has 0 amide bonds. The SMILES string of the molecule is CNC1C=CC=C/C1=C(/C=C/n1c2c(c3ccc(-c4cccc(-c5ccccc5)c4)cc31)C1C=CC=CC1CC2)c1ccc(-c2ccccc2)cc1. The van der Waals surface area contributed by atoms with Crippen LogP contribution in [0.4, 0.5) is 0 Å². The third kappa shape index (κ3) is 5.96. The van der Waals surface area contributed by atoms with E-state index in [-0.39, 0.29) is 6.04 Å². The smallest absolute Gasteiger partial charge is 0.0534 e. The Hall–Kier alpha value is -5.96. The van der Waals surface area contributed by atoms with Crippen molar-refractivity contribution in [2.75, 3.05) is 7.05 Å². The van der Waals surface area contributed by atoms with E-state index in [1.165, 1.54) is 72.3 Å². The van der Waals surface area contributed by atoms with Gasteiger partial charge in [-0.2, -0.15) is 0 Å². The molecular formula is C50H42N2. The number of allylic oxidation sites excluding steroid dienone is 8. The zero-order valence-electron chi connectivity index (χ0n) is 29.5. The maximum absolute atomic E-state index is 3.54. The maximum Gasteiger partial charge on any atom is 0.0534 e. The predicted octanol–water partition coefficient (Wildman–Crippen LogP) is 12.1. The molecule has 1 aromatic heterocycles. The molecule has 9 rings (SSSR count). The van der Waals surface area contributed by atoms with Crippen molar-refractivity contribution in [3.8, 4) is 33.4 Å². The van der Waals surface area contributed by atoms with Crippen LogP contribution in [0.3, 0.4) is 0 Å². The van der Waals surface area contributed by atoms with Gasteiger partial charge in [0.25, 0.3) is 0 Å². The van der Waals surface area contributed by atoms with Crippen molar-refractivity contribution in [3.05, 3.63) is 204 Å². The summed E-state index contributed by atoms with van der Waals surface area (Å²) >= 11 is 0. The molecule has 1 N–H and O–H groups in total. The summed E-state index contributed by atoms with van der Waals surface area (Å²) in [6, 6.07) is 46.6. The van der Waals surface area contributed by atoms with Crippen LogP contribution in [-0.4, -0.2) is 17.7 Å². The molecule has 0 spiro atoms. The Morgan fingerprint density at radius 3 is 2.04 bits per heavy atom. The fourth-order valence-electron chi connectivity index (χ4n) is 8.45. The molecule has 2 nitrogen and oxygen atoms in total. The molecule has 3 atom stereocenters. The van der Waals surface area contributed by atoms with Crippen LogP contribution < -0.4 is 5.32 Å². The van der Waals surface area contributed by atoms with Gasteiger partial charge in [-0.1, -0.05) is 164 Å². The maximum atomic E-state index is 3.54. The van der Waals surface area contributed by atoms with Gasteiger partial charge in [-0.05, 0) is 99.7 Å². The summed E-state index contributed by atoms with van der Waals surface area (Å²) in [7, 11) is 2.04. The van der Waals surface area contributed by atoms with Crippen molar-refractivity contribution in [2.45, 2.75) is 24.8 Å². The molecule has 2 heteroatoms. The van der Waals surface area contributed by atoms with E-state index >= 15 is 0 Å². The van der Waals surface area contributed by atoms with Gasteiger partial charge in [-0.15, -0.1) is 0 Å². The molecule has 1 heterocycles. The van der Waals surface area contributed by atoms with Crippen LogP contribution in [0.5, 0.6) is 0 Å². The Bertz CT molecular complexity index is 2430. The summed E-state index contributed by atoms with van der Waals surface area (Å²) in [5.41, 5.74) is 15.2. The Labute approximate surface area is 307 Å². The number of hydrogen-bond donors (Lipinski definition) is 1. The van der Waals surface area contributed by atoms with Crippen LogP contribution in [-0.2, 0) is 6.42 Å². The number of rotatable bonds is 7. The van der Waals surface area contributed by atoms with Gasteiger partial charge in [0, 0.05) is 23.2 Å². The van der Waals surface area contributed by atoms with E-state index in [9.17, 15) is 0 Å². The van der Waals surface area contributed by atoms with E-state index in [0.717, 1.165) is 12.8 Å². The highest BCUT2D eigenvalue weighted by molar-refractivity contribution is 5.93. The highest BCUT2D eigenvalue weighted by atomic mass is 15.0. The number of nitrogens with zero attached hydrogens (tertiary/aromatic N) is 1. The molecule has 0 saturated heterocycles. The van der Waals surface area contributed by atoms with E-state index < -0.39 is 0 Å². The Morgan fingerprint density at radius 1 is 0.635 bits per heavy atom. The Kier molecular flexibility index (Phi) is 8.60. The van der Waals surface area contributed by atoms with Crippen molar-refractivity contribution in [3.63, 3.8) is 0 Å². The molecule has 3 aliphatic rings. The molecule has 252 valence electrons. The minimum absolute atomic E-state index is 0.122. The predicted molar refractivity (Wildman–Crippen MR) is 221 cm³/mol. The Balaban J connectivity index is 1.19. The first-order chi connectivity index (χ1) is 25.7. The quantitative estimate of drug-likeness (QED) is 0.179. The number of likely N-dealkylation sites (N-methyl/N-ethyl adjacent to an activating group) is 1. The van der Waals surface area contributed by atoms with Crippen molar-refractivity contribution in [1.82, 2.24) is 9.88 Å². The van der Waals surface area contributed by atoms with Crippen LogP contribution >= 0.6 is 0 Å². The van der Waals surface area contributed by atoms with Gasteiger partial charge in [0.15, 0.2) is 0 Å². The van der Waals surface area contributed by atoms with Gasteiger partial charge in [-0.25, -0.2) is 0 Å². The molecule has 3 aliphatic carbocycles. The van der Waals surface area contributed by atoms with Crippen molar-refractivity contribution < 1.29 is 0 Å². The monoisotopic (exact) mass is 670 g/mol. The summed E-state index contributed by atoms with van der Waals surface area (Å²) < 4.78 is 2.51. The van der Waals surface area contributed by atoms with Crippen LogP contribution in [0.2, 0.25) is 0 Å². The summed E-state index contributed by atoms with van der Waals surface area (Å²) in [5.74, 6) is 0.931. The molecule has 0 bridgehead atoms. The third-order valence-corrected chi connectivity index (χ3v) is 11.1. The van der Waals surface area contributed by atoms with Crippen molar-refractivity contribution in [1.29, 1.82) is 0 Å². The van der Waals surface area contributed by atoms with E-state index in [1.807, 2.05) is 7.05 Å². The van der Waals surface area contributed by atoms with Gasteiger partial charge in [0.2, 0.25) is 0 Å². The number of aromatic nitrogens is 1. The van der Waals surface area contributed by atoms with Gasteiger partial charge in [0.1, 0.15) is 0 Å². The highest BCUT2D eigenvalue weighted by Gasteiger charge is 2.32. The van der Waals surface area contributed by atoms with Gasteiger partial charge >= 0.3 is 0 Å². The average molecular weight is 671 g/mol. The number of fused-ring (bicyclic) bond motifs is 5. The summed E-state index contributed by atoms with van der Waals surface area (Å²) in [6.45, 7) is 0. The topological polar surface area (TPSA) is 17.0 Å². The molecule has 6 aromatic rings. The normalized spacial score (nSPS) is 20.0. The number of hydrogen-bond acceptors (Lipinski definition) is 1. The lowest BCUT2D eigenvalue weighted by Crippen LogP contribution is -2.26. The standard InChI is InChI=1S/C50H42N2/c1-51-47-22-11-10-21-45(47)43(39-25-23-37(24-26-39)35-13-4-2-5-14-35)31-32-52-48-30-28-38-17-8-9-20-44(38)50(48)46-29-27-42(34-49(46)52)41-19-12-18-40(33-41)36-15-6-3-7-16-36/h2-27,29,31-34,38,44,47,51H,28,30H2,1H3/b32-31+,45-43+. The molecule has 0 fully saturated rings. The number of nitrogens with one attached hydrogen (secondary N) is 1. The van der Waals surface area contributed by atoms with Crippen LogP contribution in [0, 0.1) is 5.92 Å².